The molecule has 0 aliphatic rings. The lowest BCUT2D eigenvalue weighted by Crippen LogP contribution is -2.10. The molecule has 0 aliphatic carbocycles. The fourth-order valence-electron chi connectivity index (χ4n) is 1.17. The third-order valence-electron chi connectivity index (χ3n) is 1.94. The van der Waals surface area contributed by atoms with E-state index in [1.54, 1.807) is 0 Å². The minimum Gasteiger partial charge on any atom is -0.481 e. The van der Waals surface area contributed by atoms with Crippen molar-refractivity contribution in [2.45, 2.75) is 12.6 Å². The Balaban J connectivity index is 2.79. The van der Waals surface area contributed by atoms with E-state index < -0.39 is 17.7 Å². The Hall–Kier alpha value is -1.43. The van der Waals surface area contributed by atoms with Gasteiger partial charge in [-0.05, 0) is 18.2 Å². The van der Waals surface area contributed by atoms with E-state index in [1.807, 2.05) is 0 Å². The van der Waals surface area contributed by atoms with E-state index >= 15 is 0 Å². The van der Waals surface area contributed by atoms with Crippen LogP contribution in [0.15, 0.2) is 18.2 Å². The van der Waals surface area contributed by atoms with Crippen LogP contribution in [-0.2, 0) is 11.0 Å². The van der Waals surface area contributed by atoms with Crippen LogP contribution in [0.1, 0.15) is 12.0 Å². The number of carboxylic acids is 1. The molecule has 0 heterocycles. The smallest absolute Gasteiger partial charge is 0.417 e. The number of carboxylic acid groups (broad SMARTS) is 1. The normalized spacial score (nSPS) is 11.3. The van der Waals surface area contributed by atoms with Gasteiger partial charge >= 0.3 is 12.1 Å². The third-order valence-corrected chi connectivity index (χ3v) is 2.27. The summed E-state index contributed by atoms with van der Waals surface area (Å²) in [6.45, 7) is 0.0499. The Bertz CT molecular complexity index is 421. The summed E-state index contributed by atoms with van der Waals surface area (Å²) in [6.07, 6.45) is -4.70. The number of alkyl halides is 3. The minimum atomic E-state index is -4.53. The van der Waals surface area contributed by atoms with Crippen molar-refractivity contribution in [2.75, 3.05) is 11.9 Å². The molecule has 1 aromatic rings. The molecule has 0 unspecified atom stereocenters. The predicted octanol–water partition coefficient (Wildman–Crippen LogP) is 3.25. The number of halogens is 4. The highest BCUT2D eigenvalue weighted by Crippen LogP contribution is 2.36. The quantitative estimate of drug-likeness (QED) is 0.880. The lowest BCUT2D eigenvalue weighted by Gasteiger charge is -2.11. The van der Waals surface area contributed by atoms with E-state index in [4.69, 9.17) is 16.7 Å². The van der Waals surface area contributed by atoms with Gasteiger partial charge in [0, 0.05) is 12.2 Å². The van der Waals surface area contributed by atoms with E-state index in [0.717, 1.165) is 12.1 Å². The zero-order valence-electron chi connectivity index (χ0n) is 8.51. The minimum absolute atomic E-state index is 0.0499. The highest BCUT2D eigenvalue weighted by Gasteiger charge is 2.33. The van der Waals surface area contributed by atoms with Crippen LogP contribution in [0, 0.1) is 0 Å². The zero-order valence-corrected chi connectivity index (χ0v) is 9.27. The van der Waals surface area contributed by atoms with Crippen LogP contribution in [0.3, 0.4) is 0 Å². The molecular weight excluding hydrogens is 259 g/mol. The summed E-state index contributed by atoms with van der Waals surface area (Å²) in [5, 5.41) is 10.6. The molecule has 0 aromatic heterocycles. The molecule has 0 saturated carbocycles. The van der Waals surface area contributed by atoms with Crippen LogP contribution in [0.2, 0.25) is 5.02 Å². The predicted molar refractivity (Wildman–Crippen MR) is 57.2 cm³/mol. The average Bonchev–Trinajstić information content (AvgIpc) is 2.18. The van der Waals surface area contributed by atoms with Crippen molar-refractivity contribution in [3.63, 3.8) is 0 Å². The maximum Gasteiger partial charge on any atom is 0.417 e. The van der Waals surface area contributed by atoms with Gasteiger partial charge in [-0.2, -0.15) is 13.2 Å². The summed E-state index contributed by atoms with van der Waals surface area (Å²) in [7, 11) is 0. The molecule has 1 rings (SSSR count). The second kappa shape index (κ2) is 5.27. The van der Waals surface area contributed by atoms with Crippen LogP contribution in [0.25, 0.3) is 0 Å². The summed E-state index contributed by atoms with van der Waals surface area (Å²) in [4.78, 5) is 10.2. The van der Waals surface area contributed by atoms with E-state index in [-0.39, 0.29) is 23.7 Å². The largest absolute Gasteiger partial charge is 0.481 e. The first kappa shape index (κ1) is 13.6. The van der Waals surface area contributed by atoms with Gasteiger partial charge in [0.2, 0.25) is 0 Å². The Morgan fingerprint density at radius 1 is 1.41 bits per heavy atom. The monoisotopic (exact) mass is 267 g/mol. The number of hydrogen-bond donors (Lipinski definition) is 2. The first-order valence-corrected chi connectivity index (χ1v) is 5.01. The van der Waals surface area contributed by atoms with Crippen molar-refractivity contribution in [3.05, 3.63) is 28.8 Å². The van der Waals surface area contributed by atoms with Crippen molar-refractivity contribution in [3.8, 4) is 0 Å². The van der Waals surface area contributed by atoms with Gasteiger partial charge < -0.3 is 10.4 Å². The lowest BCUT2D eigenvalue weighted by molar-refractivity contribution is -0.138. The molecule has 0 spiro atoms. The van der Waals surface area contributed by atoms with E-state index in [2.05, 4.69) is 5.32 Å². The molecular formula is C10H9ClF3NO2. The van der Waals surface area contributed by atoms with Crippen LogP contribution >= 0.6 is 11.6 Å². The molecule has 0 bridgehead atoms. The molecule has 3 nitrogen and oxygen atoms in total. The molecule has 94 valence electrons. The Kier molecular flexibility index (Phi) is 4.22. The first-order chi connectivity index (χ1) is 7.80. The number of aliphatic carboxylic acids is 1. The third kappa shape index (κ3) is 4.14. The maximum absolute atomic E-state index is 12.5. The fraction of sp³-hybridized carbons (Fsp3) is 0.300. The molecule has 0 saturated heterocycles. The van der Waals surface area contributed by atoms with E-state index in [9.17, 15) is 18.0 Å². The molecule has 0 aliphatic heterocycles. The SMILES string of the molecule is O=C(O)CCNc1ccc(Cl)c(C(F)(F)F)c1. The summed E-state index contributed by atoms with van der Waals surface area (Å²) in [6, 6.07) is 3.33. The second-order valence-electron chi connectivity index (χ2n) is 3.26. The van der Waals surface area contributed by atoms with Crippen molar-refractivity contribution >= 4 is 23.3 Å². The van der Waals surface area contributed by atoms with Crippen LogP contribution in [-0.4, -0.2) is 17.6 Å². The van der Waals surface area contributed by atoms with Crippen molar-refractivity contribution in [2.24, 2.45) is 0 Å². The van der Waals surface area contributed by atoms with Gasteiger partial charge in [0.15, 0.2) is 0 Å². The van der Waals surface area contributed by atoms with E-state index in [1.165, 1.54) is 6.07 Å². The van der Waals surface area contributed by atoms with Gasteiger partial charge in [0.1, 0.15) is 0 Å². The number of nitrogens with one attached hydrogen (secondary N) is 1. The second-order valence-corrected chi connectivity index (χ2v) is 3.67. The highest BCUT2D eigenvalue weighted by molar-refractivity contribution is 6.31. The topological polar surface area (TPSA) is 49.3 Å². The van der Waals surface area contributed by atoms with Gasteiger partial charge in [-0.3, -0.25) is 4.79 Å². The highest BCUT2D eigenvalue weighted by atomic mass is 35.5. The fourth-order valence-corrected chi connectivity index (χ4v) is 1.39. The van der Waals surface area contributed by atoms with Gasteiger partial charge in [-0.15, -0.1) is 0 Å². The Morgan fingerprint density at radius 3 is 2.59 bits per heavy atom. The summed E-state index contributed by atoms with van der Waals surface area (Å²) < 4.78 is 37.4. The number of benzene rings is 1. The van der Waals surface area contributed by atoms with Crippen LogP contribution in [0.5, 0.6) is 0 Å². The first-order valence-electron chi connectivity index (χ1n) is 4.63. The molecule has 0 fully saturated rings. The molecule has 2 N–H and O–H groups in total. The number of carbonyl (C=O) groups is 1. The maximum atomic E-state index is 12.5. The van der Waals surface area contributed by atoms with Crippen molar-refractivity contribution in [1.82, 2.24) is 0 Å². The molecule has 0 amide bonds. The van der Waals surface area contributed by atoms with Crippen molar-refractivity contribution in [1.29, 1.82) is 0 Å². The summed E-state index contributed by atoms with van der Waals surface area (Å²) >= 11 is 5.42. The van der Waals surface area contributed by atoms with Crippen molar-refractivity contribution < 1.29 is 23.1 Å². The molecule has 7 heteroatoms. The standard InChI is InChI=1S/C10H9ClF3NO2/c11-8-2-1-6(15-4-3-9(16)17)5-7(8)10(12,13)14/h1-2,5,15H,3-4H2,(H,16,17). The molecule has 17 heavy (non-hydrogen) atoms. The number of anilines is 1. The molecule has 0 radical (unpaired) electrons. The van der Waals surface area contributed by atoms with Gasteiger partial charge in [-0.1, -0.05) is 11.6 Å². The van der Waals surface area contributed by atoms with Gasteiger partial charge in [0.25, 0.3) is 0 Å². The Labute approximate surface area is 100 Å². The van der Waals surface area contributed by atoms with E-state index in [0.29, 0.717) is 0 Å². The summed E-state index contributed by atoms with van der Waals surface area (Å²) in [5.41, 5.74) is -0.762. The number of hydrogen-bond acceptors (Lipinski definition) is 2. The number of rotatable bonds is 4. The molecule has 1 aromatic carbocycles. The Morgan fingerprint density at radius 2 is 2.06 bits per heavy atom. The van der Waals surface area contributed by atoms with Crippen LogP contribution < -0.4 is 5.32 Å². The van der Waals surface area contributed by atoms with Gasteiger partial charge in [-0.25, -0.2) is 0 Å². The van der Waals surface area contributed by atoms with Crippen LogP contribution in [0.4, 0.5) is 18.9 Å². The lowest BCUT2D eigenvalue weighted by atomic mass is 10.2. The average molecular weight is 268 g/mol. The summed E-state index contributed by atoms with van der Waals surface area (Å²) in [5.74, 6) is -1.03. The molecule has 0 atom stereocenters. The van der Waals surface area contributed by atoms with Gasteiger partial charge in [0.05, 0.1) is 17.0 Å². The zero-order chi connectivity index (χ0) is 13.1.